The molecule has 2 unspecified atom stereocenters. The van der Waals surface area contributed by atoms with E-state index in [0.717, 1.165) is 89.9 Å². The summed E-state index contributed by atoms with van der Waals surface area (Å²) < 4.78 is 32.9. The van der Waals surface area contributed by atoms with Crippen LogP contribution in [0.25, 0.3) is 0 Å². The van der Waals surface area contributed by atoms with Crippen molar-refractivity contribution in [3.8, 4) is 0 Å². The molecule has 0 rings (SSSR count). The van der Waals surface area contributed by atoms with Crippen LogP contribution in [0.4, 0.5) is 0 Å². The van der Waals surface area contributed by atoms with E-state index in [9.17, 15) is 19.0 Å². The summed E-state index contributed by atoms with van der Waals surface area (Å²) in [6.07, 6.45) is 73.3. The van der Waals surface area contributed by atoms with E-state index in [-0.39, 0.29) is 38.6 Å². The first-order chi connectivity index (χ1) is 34.3. The molecule has 0 radical (unpaired) electrons. The molecule has 0 aromatic heterocycles. The molecule has 0 aliphatic carbocycles. The van der Waals surface area contributed by atoms with Gasteiger partial charge >= 0.3 is 19.8 Å². The Morgan fingerprint density at radius 3 is 1.17 bits per heavy atom. The van der Waals surface area contributed by atoms with Crippen LogP contribution in [0.5, 0.6) is 0 Å². The SMILES string of the molecule is CC/C=C\C/C=C\C/C=C\C/C=C\C/C=C\C/C=C\C/C=C\C/C=C\CCCCCCCCCCCCCCC(=O)OC(COC(=O)CCCCCCCCCCCCCC)COP(=O)(O)OCCN. The molecule has 0 aromatic rings. The number of phosphoric ester groups is 1. The number of hydrogen-bond donors (Lipinski definition) is 2. The standard InChI is InChI=1S/C60H104NO8P/c1-3-5-7-9-11-13-15-17-18-19-20-21-22-23-24-25-26-27-28-29-30-31-32-33-34-35-36-37-38-39-40-41-43-45-47-49-51-53-60(63)69-58(57-68-70(64,65)67-55-54-61)56-66-59(62)52-50-48-46-44-42-16-14-12-10-8-6-4-2/h5,7,11,13,17-18,20-21,23-24,26-27,29-30,32-33,58H,3-4,6,8-10,12,14-16,19,22,25,28,31,34-57,61H2,1-2H3,(H,64,65)/b7-5-,13-11-,18-17-,21-20-,24-23-,27-26-,30-29-,33-32-. The van der Waals surface area contributed by atoms with Gasteiger partial charge in [-0.1, -0.05) is 246 Å². The summed E-state index contributed by atoms with van der Waals surface area (Å²) in [4.78, 5) is 35.0. The fourth-order valence-electron chi connectivity index (χ4n) is 7.59. The number of esters is 2. The zero-order valence-corrected chi connectivity index (χ0v) is 45.6. The van der Waals surface area contributed by atoms with Gasteiger partial charge < -0.3 is 20.1 Å². The number of phosphoric acid groups is 1. The molecule has 3 N–H and O–H groups in total. The third-order valence-electron chi connectivity index (χ3n) is 11.7. The van der Waals surface area contributed by atoms with Crippen LogP contribution in [0.2, 0.25) is 0 Å². The van der Waals surface area contributed by atoms with Gasteiger partial charge in [0.2, 0.25) is 0 Å². The first-order valence-corrected chi connectivity index (χ1v) is 29.7. The average Bonchev–Trinajstić information content (AvgIpc) is 3.35. The summed E-state index contributed by atoms with van der Waals surface area (Å²) in [6.45, 7) is 3.62. The Kier molecular flexibility index (Phi) is 52.8. The molecule has 0 saturated heterocycles. The van der Waals surface area contributed by atoms with Crippen LogP contribution in [0.15, 0.2) is 97.2 Å². The number of allylic oxidation sites excluding steroid dienone is 16. The maximum atomic E-state index is 12.7. The molecule has 0 aliphatic heterocycles. The van der Waals surface area contributed by atoms with Gasteiger partial charge in [0.1, 0.15) is 6.61 Å². The minimum atomic E-state index is -4.38. The van der Waals surface area contributed by atoms with E-state index in [4.69, 9.17) is 24.3 Å². The fraction of sp³-hybridized carbons (Fsp3) is 0.700. The number of ether oxygens (including phenoxy) is 2. The van der Waals surface area contributed by atoms with Crippen molar-refractivity contribution in [1.29, 1.82) is 0 Å². The maximum absolute atomic E-state index is 12.7. The van der Waals surface area contributed by atoms with Crippen LogP contribution >= 0.6 is 7.82 Å². The summed E-state index contributed by atoms with van der Waals surface area (Å²) >= 11 is 0. The second-order valence-electron chi connectivity index (χ2n) is 18.4. The lowest BCUT2D eigenvalue weighted by atomic mass is 10.0. The minimum Gasteiger partial charge on any atom is -0.462 e. The Morgan fingerprint density at radius 2 is 0.786 bits per heavy atom. The van der Waals surface area contributed by atoms with Gasteiger partial charge in [-0.2, -0.15) is 0 Å². The summed E-state index contributed by atoms with van der Waals surface area (Å²) in [5, 5.41) is 0. The molecule has 0 spiro atoms. The van der Waals surface area contributed by atoms with Gasteiger partial charge in [0.25, 0.3) is 0 Å². The van der Waals surface area contributed by atoms with Crippen LogP contribution in [0, 0.1) is 0 Å². The smallest absolute Gasteiger partial charge is 0.462 e. The highest BCUT2D eigenvalue weighted by atomic mass is 31.2. The van der Waals surface area contributed by atoms with E-state index in [1.165, 1.54) is 116 Å². The number of carbonyl (C=O) groups is 2. The molecular formula is C60H104NO8P. The molecule has 0 amide bonds. The molecule has 2 atom stereocenters. The molecule has 10 heteroatoms. The Balaban J connectivity index is 3.91. The molecule has 9 nitrogen and oxygen atoms in total. The number of nitrogens with two attached hydrogens (primary N) is 1. The van der Waals surface area contributed by atoms with Gasteiger partial charge in [-0.15, -0.1) is 0 Å². The van der Waals surface area contributed by atoms with Crippen LogP contribution in [-0.4, -0.2) is 49.3 Å². The largest absolute Gasteiger partial charge is 0.472 e. The normalized spacial score (nSPS) is 13.8. The van der Waals surface area contributed by atoms with Crippen molar-refractivity contribution in [2.24, 2.45) is 5.73 Å². The molecule has 402 valence electrons. The molecule has 0 fully saturated rings. The number of hydrogen-bond acceptors (Lipinski definition) is 8. The lowest BCUT2D eigenvalue weighted by molar-refractivity contribution is -0.161. The minimum absolute atomic E-state index is 0.0510. The zero-order chi connectivity index (χ0) is 51.0. The van der Waals surface area contributed by atoms with Gasteiger partial charge in [-0.3, -0.25) is 18.6 Å². The van der Waals surface area contributed by atoms with Gasteiger partial charge in [0.05, 0.1) is 13.2 Å². The van der Waals surface area contributed by atoms with E-state index >= 15 is 0 Å². The zero-order valence-electron chi connectivity index (χ0n) is 44.7. The van der Waals surface area contributed by atoms with Crippen LogP contribution in [-0.2, 0) is 32.7 Å². The maximum Gasteiger partial charge on any atom is 0.472 e. The molecule has 70 heavy (non-hydrogen) atoms. The average molecular weight is 998 g/mol. The lowest BCUT2D eigenvalue weighted by Gasteiger charge is -2.19. The highest BCUT2D eigenvalue weighted by Gasteiger charge is 2.26. The third kappa shape index (κ3) is 54.3. The lowest BCUT2D eigenvalue weighted by Crippen LogP contribution is -2.29. The van der Waals surface area contributed by atoms with Crippen LogP contribution in [0.3, 0.4) is 0 Å². The first-order valence-electron chi connectivity index (χ1n) is 28.2. The highest BCUT2D eigenvalue weighted by molar-refractivity contribution is 7.47. The monoisotopic (exact) mass is 998 g/mol. The van der Waals surface area contributed by atoms with E-state index in [2.05, 4.69) is 111 Å². The van der Waals surface area contributed by atoms with Crippen molar-refractivity contribution in [1.82, 2.24) is 0 Å². The van der Waals surface area contributed by atoms with Crippen molar-refractivity contribution >= 4 is 19.8 Å². The molecule has 0 saturated carbocycles. The Bertz CT molecular complexity index is 1460. The summed E-state index contributed by atoms with van der Waals surface area (Å²) in [6, 6.07) is 0. The number of unbranched alkanes of at least 4 members (excludes halogenated alkanes) is 23. The quantitative estimate of drug-likeness (QED) is 0.0264. The number of carbonyl (C=O) groups excluding carboxylic acids is 2. The number of rotatable bonds is 52. The molecular weight excluding hydrogens is 894 g/mol. The van der Waals surface area contributed by atoms with Gasteiger partial charge in [0.15, 0.2) is 6.10 Å². The first kappa shape index (κ1) is 66.9. The van der Waals surface area contributed by atoms with Crippen molar-refractivity contribution in [3.63, 3.8) is 0 Å². The highest BCUT2D eigenvalue weighted by Crippen LogP contribution is 2.43. The van der Waals surface area contributed by atoms with Crippen molar-refractivity contribution in [2.75, 3.05) is 26.4 Å². The van der Waals surface area contributed by atoms with Crippen molar-refractivity contribution < 1.29 is 37.6 Å². The second kappa shape index (κ2) is 55.2. The summed E-state index contributed by atoms with van der Waals surface area (Å²) in [5.41, 5.74) is 5.37. The van der Waals surface area contributed by atoms with Crippen LogP contribution < -0.4 is 5.73 Å². The Morgan fingerprint density at radius 1 is 0.443 bits per heavy atom. The topological polar surface area (TPSA) is 134 Å². The van der Waals surface area contributed by atoms with E-state index in [0.29, 0.717) is 6.42 Å². The second-order valence-corrected chi connectivity index (χ2v) is 19.9. The summed E-state index contributed by atoms with van der Waals surface area (Å²) in [5.74, 6) is -0.829. The Labute approximate surface area is 429 Å². The predicted octanol–water partition coefficient (Wildman–Crippen LogP) is 17.7. The van der Waals surface area contributed by atoms with Crippen molar-refractivity contribution in [3.05, 3.63) is 97.2 Å². The molecule has 0 aromatic carbocycles. The van der Waals surface area contributed by atoms with E-state index in [1.807, 2.05) is 0 Å². The predicted molar refractivity (Wildman–Crippen MR) is 298 cm³/mol. The van der Waals surface area contributed by atoms with Crippen molar-refractivity contribution in [2.45, 2.75) is 245 Å². The molecule has 0 aliphatic rings. The van der Waals surface area contributed by atoms with E-state index in [1.54, 1.807) is 0 Å². The van der Waals surface area contributed by atoms with Gasteiger partial charge in [0, 0.05) is 19.4 Å². The van der Waals surface area contributed by atoms with E-state index < -0.39 is 26.5 Å². The van der Waals surface area contributed by atoms with Gasteiger partial charge in [-0.05, 0) is 77.0 Å². The van der Waals surface area contributed by atoms with Crippen LogP contribution in [0.1, 0.15) is 239 Å². The third-order valence-corrected chi connectivity index (χ3v) is 12.7. The molecule has 0 heterocycles. The fourth-order valence-corrected chi connectivity index (χ4v) is 8.36. The van der Waals surface area contributed by atoms with Gasteiger partial charge in [-0.25, -0.2) is 4.57 Å². The summed E-state index contributed by atoms with van der Waals surface area (Å²) in [7, 11) is -4.38. The Hall–Kier alpha value is -3.07. The molecule has 0 bridgehead atoms.